The molecule has 0 radical (unpaired) electrons. The third kappa shape index (κ3) is 2.31. The van der Waals surface area contributed by atoms with E-state index in [0.29, 0.717) is 16.9 Å². The monoisotopic (exact) mass is 277 g/mol. The molecule has 0 spiro atoms. The minimum absolute atomic E-state index is 0.471. The van der Waals surface area contributed by atoms with Gasteiger partial charge in [-0.25, -0.2) is 0 Å². The summed E-state index contributed by atoms with van der Waals surface area (Å²) >= 11 is 0. The SMILES string of the molecule is Cc1ccc2oc(C(C)(O)c3cccc(C#N)c3)cc2c1. The molecule has 21 heavy (non-hydrogen) atoms. The van der Waals surface area contributed by atoms with E-state index in [1.165, 1.54) is 0 Å². The highest BCUT2D eigenvalue weighted by atomic mass is 16.4. The van der Waals surface area contributed by atoms with E-state index in [1.807, 2.05) is 31.2 Å². The van der Waals surface area contributed by atoms with Crippen molar-refractivity contribution in [3.05, 3.63) is 71.0 Å². The van der Waals surface area contributed by atoms with Crippen LogP contribution in [-0.2, 0) is 5.60 Å². The van der Waals surface area contributed by atoms with E-state index in [0.717, 1.165) is 16.5 Å². The van der Waals surface area contributed by atoms with Gasteiger partial charge in [-0.3, -0.25) is 0 Å². The van der Waals surface area contributed by atoms with Gasteiger partial charge in [-0.15, -0.1) is 0 Å². The van der Waals surface area contributed by atoms with Crippen molar-refractivity contribution in [2.45, 2.75) is 19.4 Å². The number of aryl methyl sites for hydroxylation is 1. The van der Waals surface area contributed by atoms with Gasteiger partial charge >= 0.3 is 0 Å². The molecule has 3 rings (SSSR count). The van der Waals surface area contributed by atoms with Gasteiger partial charge in [-0.05, 0) is 49.7 Å². The van der Waals surface area contributed by atoms with Crippen LogP contribution in [0.3, 0.4) is 0 Å². The summed E-state index contributed by atoms with van der Waals surface area (Å²) in [5, 5.41) is 20.8. The number of benzene rings is 2. The normalized spacial score (nSPS) is 13.8. The van der Waals surface area contributed by atoms with Crippen molar-refractivity contribution < 1.29 is 9.52 Å². The molecule has 0 aliphatic rings. The summed E-state index contributed by atoms with van der Waals surface area (Å²) in [6.07, 6.45) is 0. The van der Waals surface area contributed by atoms with Crippen molar-refractivity contribution in [2.75, 3.05) is 0 Å². The van der Waals surface area contributed by atoms with Gasteiger partial charge in [0.2, 0.25) is 0 Å². The van der Waals surface area contributed by atoms with Crippen LogP contribution in [0.15, 0.2) is 52.9 Å². The average molecular weight is 277 g/mol. The summed E-state index contributed by atoms with van der Waals surface area (Å²) in [6.45, 7) is 3.69. The molecule has 1 unspecified atom stereocenters. The Morgan fingerprint density at radius 1 is 1.14 bits per heavy atom. The second-order valence-corrected chi connectivity index (χ2v) is 5.42. The van der Waals surface area contributed by atoms with Crippen LogP contribution in [0.1, 0.15) is 29.4 Å². The second-order valence-electron chi connectivity index (χ2n) is 5.42. The Morgan fingerprint density at radius 2 is 1.95 bits per heavy atom. The summed E-state index contributed by atoms with van der Waals surface area (Å²) in [4.78, 5) is 0. The molecule has 0 amide bonds. The average Bonchev–Trinajstić information content (AvgIpc) is 2.91. The first-order valence-corrected chi connectivity index (χ1v) is 6.74. The van der Waals surface area contributed by atoms with Crippen LogP contribution in [0.4, 0.5) is 0 Å². The fourth-order valence-corrected chi connectivity index (χ4v) is 2.44. The van der Waals surface area contributed by atoms with Gasteiger partial charge in [0.15, 0.2) is 0 Å². The van der Waals surface area contributed by atoms with Crippen LogP contribution >= 0.6 is 0 Å². The summed E-state index contributed by atoms with van der Waals surface area (Å²) in [6, 6.07) is 16.8. The van der Waals surface area contributed by atoms with Gasteiger partial charge < -0.3 is 9.52 Å². The molecule has 3 aromatic rings. The Morgan fingerprint density at radius 3 is 2.71 bits per heavy atom. The Bertz CT molecular complexity index is 853. The highest BCUT2D eigenvalue weighted by molar-refractivity contribution is 5.79. The van der Waals surface area contributed by atoms with Crippen LogP contribution in [0, 0.1) is 18.3 Å². The van der Waals surface area contributed by atoms with Crippen molar-refractivity contribution in [1.29, 1.82) is 5.26 Å². The molecule has 0 saturated heterocycles. The number of hydrogen-bond donors (Lipinski definition) is 1. The summed E-state index contributed by atoms with van der Waals surface area (Å²) in [5.74, 6) is 0.471. The maximum Gasteiger partial charge on any atom is 0.144 e. The molecular formula is C18H15NO2. The lowest BCUT2D eigenvalue weighted by Crippen LogP contribution is -2.22. The molecule has 1 aromatic heterocycles. The van der Waals surface area contributed by atoms with Crippen LogP contribution in [-0.4, -0.2) is 5.11 Å². The first-order valence-electron chi connectivity index (χ1n) is 6.74. The van der Waals surface area contributed by atoms with Gasteiger partial charge in [0.25, 0.3) is 0 Å². The maximum absolute atomic E-state index is 10.8. The Hall–Kier alpha value is -2.57. The fraction of sp³-hybridized carbons (Fsp3) is 0.167. The third-order valence-corrected chi connectivity index (χ3v) is 3.71. The van der Waals surface area contributed by atoms with Crippen molar-refractivity contribution in [3.8, 4) is 6.07 Å². The minimum Gasteiger partial charge on any atom is -0.458 e. The van der Waals surface area contributed by atoms with Crippen LogP contribution < -0.4 is 0 Å². The zero-order valence-electron chi connectivity index (χ0n) is 11.9. The Kier molecular flexibility index (Phi) is 3.04. The first kappa shape index (κ1) is 13.4. The number of nitriles is 1. The number of rotatable bonds is 2. The zero-order chi connectivity index (χ0) is 15.0. The van der Waals surface area contributed by atoms with Crippen LogP contribution in [0.5, 0.6) is 0 Å². The minimum atomic E-state index is -1.28. The first-order chi connectivity index (χ1) is 10.0. The lowest BCUT2D eigenvalue weighted by molar-refractivity contribution is 0.0786. The molecule has 0 aliphatic heterocycles. The largest absolute Gasteiger partial charge is 0.458 e. The van der Waals surface area contributed by atoms with E-state index in [9.17, 15) is 5.11 Å². The summed E-state index contributed by atoms with van der Waals surface area (Å²) < 4.78 is 5.78. The van der Waals surface area contributed by atoms with E-state index in [-0.39, 0.29) is 0 Å². The molecule has 1 heterocycles. The van der Waals surface area contributed by atoms with E-state index >= 15 is 0 Å². The van der Waals surface area contributed by atoms with Crippen molar-refractivity contribution >= 4 is 11.0 Å². The molecule has 2 aromatic carbocycles. The van der Waals surface area contributed by atoms with Gasteiger partial charge in [-0.2, -0.15) is 5.26 Å². The van der Waals surface area contributed by atoms with Gasteiger partial charge in [0, 0.05) is 5.39 Å². The van der Waals surface area contributed by atoms with Gasteiger partial charge in [0.05, 0.1) is 11.6 Å². The van der Waals surface area contributed by atoms with E-state index in [2.05, 4.69) is 6.07 Å². The van der Waals surface area contributed by atoms with Crippen molar-refractivity contribution in [3.63, 3.8) is 0 Å². The fourth-order valence-electron chi connectivity index (χ4n) is 2.44. The maximum atomic E-state index is 10.8. The number of hydrogen-bond acceptors (Lipinski definition) is 3. The van der Waals surface area contributed by atoms with Crippen molar-refractivity contribution in [1.82, 2.24) is 0 Å². The molecule has 3 nitrogen and oxygen atoms in total. The number of fused-ring (bicyclic) bond motifs is 1. The molecule has 0 fully saturated rings. The summed E-state index contributed by atoms with van der Waals surface area (Å²) in [7, 11) is 0. The molecular weight excluding hydrogens is 262 g/mol. The molecule has 3 heteroatoms. The van der Waals surface area contributed by atoms with Crippen LogP contribution in [0.2, 0.25) is 0 Å². The van der Waals surface area contributed by atoms with Crippen LogP contribution in [0.25, 0.3) is 11.0 Å². The molecule has 104 valence electrons. The summed E-state index contributed by atoms with van der Waals surface area (Å²) in [5.41, 5.74) is 1.75. The smallest absolute Gasteiger partial charge is 0.144 e. The Labute approximate surface area is 123 Å². The van der Waals surface area contributed by atoms with Gasteiger partial charge in [0.1, 0.15) is 16.9 Å². The topological polar surface area (TPSA) is 57.2 Å². The molecule has 0 saturated carbocycles. The quantitative estimate of drug-likeness (QED) is 0.773. The van der Waals surface area contributed by atoms with E-state index in [4.69, 9.17) is 9.68 Å². The number of furan rings is 1. The predicted molar refractivity (Wildman–Crippen MR) is 80.8 cm³/mol. The highest BCUT2D eigenvalue weighted by Gasteiger charge is 2.30. The molecule has 0 bridgehead atoms. The predicted octanol–water partition coefficient (Wildman–Crippen LogP) is 3.87. The third-order valence-electron chi connectivity index (χ3n) is 3.71. The second kappa shape index (κ2) is 4.76. The van der Waals surface area contributed by atoms with E-state index in [1.54, 1.807) is 31.2 Å². The number of aliphatic hydroxyl groups is 1. The van der Waals surface area contributed by atoms with Crippen molar-refractivity contribution in [2.24, 2.45) is 0 Å². The highest BCUT2D eigenvalue weighted by Crippen LogP contribution is 2.33. The lowest BCUT2D eigenvalue weighted by atomic mass is 9.92. The molecule has 1 N–H and O–H groups in total. The van der Waals surface area contributed by atoms with Gasteiger partial charge in [-0.1, -0.05) is 23.8 Å². The standard InChI is InChI=1S/C18H15NO2/c1-12-6-7-16-14(8-12)10-17(21-16)18(2,20)15-5-3-4-13(9-15)11-19/h3-10,20H,1-2H3. The lowest BCUT2D eigenvalue weighted by Gasteiger charge is -2.21. The van der Waals surface area contributed by atoms with E-state index < -0.39 is 5.60 Å². The Balaban J connectivity index is 2.12. The number of nitrogens with zero attached hydrogens (tertiary/aromatic N) is 1. The zero-order valence-corrected chi connectivity index (χ0v) is 11.9. The molecule has 0 aliphatic carbocycles. The molecule has 1 atom stereocenters.